The standard InChI is InChI=1S/C23H21ClN2/c24-20-13-7-8-17(16-20)14-15-21-25-22(18-9-3-1-4-10-18)23(26-21)19-11-5-2-6-12-19/h1-13,16,22-23H,14-15H2,(H,25,26). The van der Waals surface area contributed by atoms with Crippen LogP contribution in [0.15, 0.2) is 89.9 Å². The fourth-order valence-electron chi connectivity index (χ4n) is 3.47. The quantitative estimate of drug-likeness (QED) is 0.614. The Balaban J connectivity index is 1.56. The normalized spacial score (nSPS) is 19.0. The summed E-state index contributed by atoms with van der Waals surface area (Å²) in [5.41, 5.74) is 3.75. The minimum Gasteiger partial charge on any atom is -0.364 e. The molecule has 1 N–H and O–H groups in total. The topological polar surface area (TPSA) is 24.4 Å². The highest BCUT2D eigenvalue weighted by Gasteiger charge is 2.30. The van der Waals surface area contributed by atoms with Crippen molar-refractivity contribution in [3.8, 4) is 0 Å². The van der Waals surface area contributed by atoms with Gasteiger partial charge in [0.25, 0.3) is 0 Å². The number of aryl methyl sites for hydroxylation is 1. The predicted octanol–water partition coefficient (Wildman–Crippen LogP) is 5.76. The lowest BCUT2D eigenvalue weighted by Crippen LogP contribution is -2.24. The molecule has 4 rings (SSSR count). The van der Waals surface area contributed by atoms with Crippen molar-refractivity contribution in [2.24, 2.45) is 4.99 Å². The van der Waals surface area contributed by atoms with Crippen LogP contribution >= 0.6 is 11.6 Å². The van der Waals surface area contributed by atoms with Gasteiger partial charge >= 0.3 is 0 Å². The number of hydrogen-bond donors (Lipinski definition) is 1. The van der Waals surface area contributed by atoms with Crippen molar-refractivity contribution in [3.63, 3.8) is 0 Å². The minimum absolute atomic E-state index is 0.105. The van der Waals surface area contributed by atoms with E-state index in [2.05, 4.69) is 66.0 Å². The first-order chi connectivity index (χ1) is 12.8. The first kappa shape index (κ1) is 16.9. The van der Waals surface area contributed by atoms with Crippen molar-refractivity contribution in [2.45, 2.75) is 24.9 Å². The van der Waals surface area contributed by atoms with Crippen LogP contribution in [0.1, 0.15) is 35.2 Å². The number of nitrogens with zero attached hydrogens (tertiary/aromatic N) is 1. The van der Waals surface area contributed by atoms with E-state index in [0.717, 1.165) is 23.7 Å². The second kappa shape index (κ2) is 7.76. The number of nitrogens with one attached hydrogen (secondary N) is 1. The van der Waals surface area contributed by atoms with Crippen molar-refractivity contribution in [3.05, 3.63) is 107 Å². The highest BCUT2D eigenvalue weighted by Crippen LogP contribution is 2.36. The summed E-state index contributed by atoms with van der Waals surface area (Å²) in [6.07, 6.45) is 1.81. The maximum Gasteiger partial charge on any atom is 0.101 e. The van der Waals surface area contributed by atoms with E-state index >= 15 is 0 Å². The summed E-state index contributed by atoms with van der Waals surface area (Å²) in [6.45, 7) is 0. The summed E-state index contributed by atoms with van der Waals surface area (Å²) in [5.74, 6) is 1.06. The molecule has 2 unspecified atom stereocenters. The Morgan fingerprint density at radius 2 is 1.46 bits per heavy atom. The number of benzene rings is 3. The fraction of sp³-hybridized carbons (Fsp3) is 0.174. The van der Waals surface area contributed by atoms with Crippen molar-refractivity contribution >= 4 is 17.4 Å². The van der Waals surface area contributed by atoms with E-state index in [0.29, 0.717) is 0 Å². The molecule has 0 aromatic heterocycles. The van der Waals surface area contributed by atoms with E-state index in [4.69, 9.17) is 16.6 Å². The van der Waals surface area contributed by atoms with Gasteiger partial charge in [-0.3, -0.25) is 4.99 Å². The molecule has 3 heteroatoms. The zero-order chi connectivity index (χ0) is 17.8. The Hall–Kier alpha value is -2.58. The lowest BCUT2D eigenvalue weighted by atomic mass is 9.95. The van der Waals surface area contributed by atoms with Gasteiger partial charge in [0.1, 0.15) is 6.04 Å². The second-order valence-electron chi connectivity index (χ2n) is 6.59. The van der Waals surface area contributed by atoms with Gasteiger partial charge in [0.2, 0.25) is 0 Å². The van der Waals surface area contributed by atoms with E-state index in [1.54, 1.807) is 0 Å². The number of halogens is 1. The van der Waals surface area contributed by atoms with Crippen LogP contribution in [-0.2, 0) is 6.42 Å². The lowest BCUT2D eigenvalue weighted by molar-refractivity contribution is 0.571. The molecule has 0 aliphatic carbocycles. The van der Waals surface area contributed by atoms with Gasteiger partial charge in [0.05, 0.1) is 11.9 Å². The smallest absolute Gasteiger partial charge is 0.101 e. The molecule has 2 atom stereocenters. The molecule has 0 bridgehead atoms. The Bertz CT molecular complexity index is 890. The summed E-state index contributed by atoms with van der Waals surface area (Å²) in [4.78, 5) is 5.03. The van der Waals surface area contributed by atoms with Gasteiger partial charge in [-0.05, 0) is 35.2 Å². The third kappa shape index (κ3) is 3.81. The summed E-state index contributed by atoms with van der Waals surface area (Å²) in [5, 5.41) is 4.44. The van der Waals surface area contributed by atoms with Crippen molar-refractivity contribution < 1.29 is 0 Å². The van der Waals surface area contributed by atoms with Crippen LogP contribution in [0.25, 0.3) is 0 Å². The van der Waals surface area contributed by atoms with Crippen molar-refractivity contribution in [2.75, 3.05) is 0 Å². The SMILES string of the molecule is Clc1cccc(CCC2=NC(c3ccccc3)C(c3ccccc3)N2)c1. The Morgan fingerprint density at radius 1 is 0.769 bits per heavy atom. The number of amidine groups is 1. The van der Waals surface area contributed by atoms with E-state index < -0.39 is 0 Å². The van der Waals surface area contributed by atoms with Crippen LogP contribution in [0.4, 0.5) is 0 Å². The summed E-state index contributed by atoms with van der Waals surface area (Å²) < 4.78 is 0. The largest absolute Gasteiger partial charge is 0.364 e. The van der Waals surface area contributed by atoms with E-state index in [1.807, 2.05) is 24.3 Å². The third-order valence-electron chi connectivity index (χ3n) is 4.77. The average Bonchev–Trinajstić information content (AvgIpc) is 3.12. The Kier molecular flexibility index (Phi) is 5.03. The van der Waals surface area contributed by atoms with Gasteiger partial charge < -0.3 is 5.32 Å². The molecule has 0 spiro atoms. The molecule has 0 saturated carbocycles. The molecule has 0 radical (unpaired) electrons. The predicted molar refractivity (Wildman–Crippen MR) is 109 cm³/mol. The third-order valence-corrected chi connectivity index (χ3v) is 5.01. The molecule has 1 aliphatic heterocycles. The lowest BCUT2D eigenvalue weighted by Gasteiger charge is -2.19. The summed E-state index contributed by atoms with van der Waals surface area (Å²) in [6, 6.07) is 29.4. The van der Waals surface area contributed by atoms with Gasteiger partial charge in [0.15, 0.2) is 0 Å². The summed E-state index contributed by atoms with van der Waals surface area (Å²) in [7, 11) is 0. The number of aliphatic imine (C=N–C) groups is 1. The molecular weight excluding hydrogens is 340 g/mol. The molecule has 130 valence electrons. The highest BCUT2D eigenvalue weighted by molar-refractivity contribution is 6.30. The number of rotatable bonds is 5. The van der Waals surface area contributed by atoms with Gasteiger partial charge in [-0.1, -0.05) is 84.4 Å². The van der Waals surface area contributed by atoms with Crippen LogP contribution < -0.4 is 5.32 Å². The highest BCUT2D eigenvalue weighted by atomic mass is 35.5. The first-order valence-electron chi connectivity index (χ1n) is 8.97. The van der Waals surface area contributed by atoms with Gasteiger partial charge in [0, 0.05) is 11.4 Å². The molecule has 2 nitrogen and oxygen atoms in total. The van der Waals surface area contributed by atoms with Crippen LogP contribution in [0.3, 0.4) is 0 Å². The van der Waals surface area contributed by atoms with Crippen LogP contribution in [-0.4, -0.2) is 5.84 Å². The first-order valence-corrected chi connectivity index (χ1v) is 9.35. The Labute approximate surface area is 159 Å². The molecule has 0 amide bonds. The van der Waals surface area contributed by atoms with E-state index in [-0.39, 0.29) is 12.1 Å². The number of hydrogen-bond acceptors (Lipinski definition) is 2. The zero-order valence-electron chi connectivity index (χ0n) is 14.5. The molecule has 0 fully saturated rings. The maximum atomic E-state index is 6.10. The van der Waals surface area contributed by atoms with Gasteiger partial charge in [-0.2, -0.15) is 0 Å². The zero-order valence-corrected chi connectivity index (χ0v) is 15.2. The average molecular weight is 361 g/mol. The van der Waals surface area contributed by atoms with E-state index in [9.17, 15) is 0 Å². The molecule has 1 heterocycles. The fourth-order valence-corrected chi connectivity index (χ4v) is 3.69. The molecule has 1 aliphatic rings. The molecular formula is C23H21ClN2. The Morgan fingerprint density at radius 3 is 2.15 bits per heavy atom. The maximum absolute atomic E-state index is 6.10. The molecule has 3 aromatic carbocycles. The van der Waals surface area contributed by atoms with Crippen LogP contribution in [0.5, 0.6) is 0 Å². The monoisotopic (exact) mass is 360 g/mol. The minimum atomic E-state index is 0.105. The molecule has 26 heavy (non-hydrogen) atoms. The molecule has 3 aromatic rings. The second-order valence-corrected chi connectivity index (χ2v) is 7.03. The molecule has 0 saturated heterocycles. The van der Waals surface area contributed by atoms with Gasteiger partial charge in [-0.15, -0.1) is 0 Å². The van der Waals surface area contributed by atoms with Crippen LogP contribution in [0.2, 0.25) is 5.02 Å². The van der Waals surface area contributed by atoms with Gasteiger partial charge in [-0.25, -0.2) is 0 Å². The van der Waals surface area contributed by atoms with Crippen LogP contribution in [0, 0.1) is 0 Å². The van der Waals surface area contributed by atoms with Crippen molar-refractivity contribution in [1.29, 1.82) is 0 Å². The van der Waals surface area contributed by atoms with E-state index in [1.165, 1.54) is 16.7 Å². The summed E-state index contributed by atoms with van der Waals surface area (Å²) >= 11 is 6.10. The van der Waals surface area contributed by atoms with Crippen molar-refractivity contribution in [1.82, 2.24) is 5.32 Å².